The normalized spacial score (nSPS) is 12.1. The zero-order valence-corrected chi connectivity index (χ0v) is 14.3. The molecular formula is C21H18FN3O. The maximum atomic E-state index is 13.6. The molecule has 0 aliphatic rings. The first-order valence-corrected chi connectivity index (χ1v) is 8.22. The highest BCUT2D eigenvalue weighted by Gasteiger charge is 2.09. The number of amides is 1. The molecule has 3 aromatic rings. The van der Waals surface area contributed by atoms with Crippen molar-refractivity contribution in [2.24, 2.45) is 0 Å². The lowest BCUT2D eigenvalue weighted by Gasteiger charge is -2.14. The Balaban J connectivity index is 1.69. The molecule has 1 heterocycles. The Morgan fingerprint density at radius 3 is 2.62 bits per heavy atom. The van der Waals surface area contributed by atoms with E-state index in [0.717, 1.165) is 16.7 Å². The van der Waals surface area contributed by atoms with Crippen LogP contribution in [0.2, 0.25) is 0 Å². The van der Waals surface area contributed by atoms with Gasteiger partial charge in [0.1, 0.15) is 12.1 Å². The number of carbonyl (C=O) groups excluding carboxylic acids is 1. The molecule has 4 nitrogen and oxygen atoms in total. The SMILES string of the molecule is C[C@H](NC(=O)C=Cc1ccccc1F)c1cccc(-c2cncnc2)c1. The predicted molar refractivity (Wildman–Crippen MR) is 99.5 cm³/mol. The highest BCUT2D eigenvalue weighted by Crippen LogP contribution is 2.22. The summed E-state index contributed by atoms with van der Waals surface area (Å²) in [6.07, 6.45) is 7.77. The number of benzene rings is 2. The zero-order chi connectivity index (χ0) is 18.4. The molecule has 1 atom stereocenters. The minimum absolute atomic E-state index is 0.197. The van der Waals surface area contributed by atoms with Crippen molar-refractivity contribution >= 4 is 12.0 Å². The number of nitrogens with one attached hydrogen (secondary N) is 1. The topological polar surface area (TPSA) is 54.9 Å². The van der Waals surface area contributed by atoms with Crippen LogP contribution in [0.3, 0.4) is 0 Å². The second-order valence-corrected chi connectivity index (χ2v) is 5.84. The van der Waals surface area contributed by atoms with Crippen molar-refractivity contribution < 1.29 is 9.18 Å². The Morgan fingerprint density at radius 1 is 1.08 bits per heavy atom. The van der Waals surface area contributed by atoms with Gasteiger partial charge in [0.05, 0.1) is 6.04 Å². The van der Waals surface area contributed by atoms with Crippen LogP contribution < -0.4 is 5.32 Å². The summed E-state index contributed by atoms with van der Waals surface area (Å²) < 4.78 is 13.6. The summed E-state index contributed by atoms with van der Waals surface area (Å²) in [5.74, 6) is -0.642. The van der Waals surface area contributed by atoms with Gasteiger partial charge in [-0.25, -0.2) is 14.4 Å². The fourth-order valence-corrected chi connectivity index (χ4v) is 2.56. The van der Waals surface area contributed by atoms with Gasteiger partial charge in [-0.05, 0) is 36.3 Å². The molecule has 0 unspecified atom stereocenters. The van der Waals surface area contributed by atoms with Gasteiger partial charge < -0.3 is 5.32 Å². The molecule has 0 bridgehead atoms. The molecule has 0 saturated heterocycles. The van der Waals surface area contributed by atoms with E-state index in [0.29, 0.717) is 5.56 Å². The van der Waals surface area contributed by atoms with Gasteiger partial charge in [-0.15, -0.1) is 0 Å². The molecule has 1 N–H and O–H groups in total. The first kappa shape index (κ1) is 17.5. The van der Waals surface area contributed by atoms with Crippen molar-refractivity contribution in [3.63, 3.8) is 0 Å². The van der Waals surface area contributed by atoms with E-state index in [1.807, 2.05) is 31.2 Å². The van der Waals surface area contributed by atoms with E-state index in [1.54, 1.807) is 30.6 Å². The molecular weight excluding hydrogens is 329 g/mol. The standard InChI is InChI=1S/C21H18FN3O/c1-15(25-21(26)10-9-16-5-2-3-8-20(16)22)17-6-4-7-18(11-17)19-12-23-14-24-13-19/h2-15H,1H3,(H,25,26)/t15-/m0/s1. The van der Waals surface area contributed by atoms with E-state index in [-0.39, 0.29) is 17.8 Å². The predicted octanol–water partition coefficient (Wildman–Crippen LogP) is 4.17. The number of nitrogens with zero attached hydrogens (tertiary/aromatic N) is 2. The molecule has 5 heteroatoms. The Morgan fingerprint density at radius 2 is 1.85 bits per heavy atom. The van der Waals surface area contributed by atoms with Gasteiger partial charge >= 0.3 is 0 Å². The Kier molecular flexibility index (Phi) is 5.49. The highest BCUT2D eigenvalue weighted by molar-refractivity contribution is 5.92. The van der Waals surface area contributed by atoms with Gasteiger partial charge in [-0.2, -0.15) is 0 Å². The van der Waals surface area contributed by atoms with Crippen molar-refractivity contribution in [2.75, 3.05) is 0 Å². The summed E-state index contributed by atoms with van der Waals surface area (Å²) in [5, 5.41) is 2.89. The highest BCUT2D eigenvalue weighted by atomic mass is 19.1. The van der Waals surface area contributed by atoms with Crippen molar-refractivity contribution in [2.45, 2.75) is 13.0 Å². The average Bonchev–Trinajstić information content (AvgIpc) is 2.68. The van der Waals surface area contributed by atoms with Crippen LogP contribution in [0.1, 0.15) is 24.1 Å². The van der Waals surface area contributed by atoms with Crippen LogP contribution in [0.15, 0.2) is 73.3 Å². The third-order valence-corrected chi connectivity index (χ3v) is 3.96. The number of halogens is 1. The van der Waals surface area contributed by atoms with Crippen molar-refractivity contribution in [1.29, 1.82) is 0 Å². The van der Waals surface area contributed by atoms with Crippen LogP contribution in [0, 0.1) is 5.82 Å². The molecule has 1 aromatic heterocycles. The summed E-state index contributed by atoms with van der Waals surface area (Å²) in [5.41, 5.74) is 3.22. The maximum absolute atomic E-state index is 13.6. The molecule has 0 spiro atoms. The van der Waals surface area contributed by atoms with Crippen molar-refractivity contribution in [1.82, 2.24) is 15.3 Å². The Bertz CT molecular complexity index is 925. The third-order valence-electron chi connectivity index (χ3n) is 3.96. The molecule has 1 amide bonds. The summed E-state index contributed by atoms with van der Waals surface area (Å²) in [6.45, 7) is 1.90. The summed E-state index contributed by atoms with van der Waals surface area (Å²) in [7, 11) is 0. The van der Waals surface area contributed by atoms with Gasteiger partial charge in [-0.3, -0.25) is 4.79 Å². The van der Waals surface area contributed by atoms with Crippen LogP contribution in [-0.2, 0) is 4.79 Å². The van der Waals surface area contributed by atoms with E-state index in [1.165, 1.54) is 24.5 Å². The van der Waals surface area contributed by atoms with E-state index >= 15 is 0 Å². The largest absolute Gasteiger partial charge is 0.346 e. The van der Waals surface area contributed by atoms with E-state index in [2.05, 4.69) is 15.3 Å². The van der Waals surface area contributed by atoms with Crippen molar-refractivity contribution in [3.8, 4) is 11.1 Å². The number of hydrogen-bond donors (Lipinski definition) is 1. The zero-order valence-electron chi connectivity index (χ0n) is 14.3. The molecule has 2 aromatic carbocycles. The smallest absolute Gasteiger partial charge is 0.244 e. The fourth-order valence-electron chi connectivity index (χ4n) is 2.56. The van der Waals surface area contributed by atoms with Gasteiger partial charge in [0, 0.05) is 29.6 Å². The monoisotopic (exact) mass is 347 g/mol. The Hall–Kier alpha value is -3.34. The first-order chi connectivity index (χ1) is 12.6. The second kappa shape index (κ2) is 8.16. The van der Waals surface area contributed by atoms with Crippen LogP contribution in [-0.4, -0.2) is 15.9 Å². The molecule has 130 valence electrons. The Labute approximate surface area is 151 Å². The molecule has 26 heavy (non-hydrogen) atoms. The fraction of sp³-hybridized carbons (Fsp3) is 0.0952. The lowest BCUT2D eigenvalue weighted by molar-refractivity contribution is -0.117. The molecule has 0 fully saturated rings. The number of carbonyl (C=O) groups is 1. The number of hydrogen-bond acceptors (Lipinski definition) is 3. The van der Waals surface area contributed by atoms with Crippen molar-refractivity contribution in [3.05, 3.63) is 90.3 Å². The van der Waals surface area contributed by atoms with Gasteiger partial charge in [-0.1, -0.05) is 36.4 Å². The van der Waals surface area contributed by atoms with Crippen LogP contribution in [0.5, 0.6) is 0 Å². The first-order valence-electron chi connectivity index (χ1n) is 8.22. The maximum Gasteiger partial charge on any atom is 0.244 e. The minimum Gasteiger partial charge on any atom is -0.346 e. The lowest BCUT2D eigenvalue weighted by atomic mass is 10.0. The summed E-state index contributed by atoms with van der Waals surface area (Å²) in [6, 6.07) is 13.9. The van der Waals surface area contributed by atoms with E-state index in [9.17, 15) is 9.18 Å². The average molecular weight is 347 g/mol. The minimum atomic E-state index is -0.359. The molecule has 3 rings (SSSR count). The van der Waals surface area contributed by atoms with Gasteiger partial charge in [0.2, 0.25) is 5.91 Å². The molecule has 0 radical (unpaired) electrons. The summed E-state index contributed by atoms with van der Waals surface area (Å²) >= 11 is 0. The second-order valence-electron chi connectivity index (χ2n) is 5.84. The number of aromatic nitrogens is 2. The molecule has 0 aliphatic carbocycles. The van der Waals surface area contributed by atoms with E-state index < -0.39 is 0 Å². The molecule has 0 saturated carbocycles. The van der Waals surface area contributed by atoms with Gasteiger partial charge in [0.15, 0.2) is 0 Å². The van der Waals surface area contributed by atoms with Gasteiger partial charge in [0.25, 0.3) is 0 Å². The summed E-state index contributed by atoms with van der Waals surface area (Å²) in [4.78, 5) is 20.2. The van der Waals surface area contributed by atoms with E-state index in [4.69, 9.17) is 0 Å². The van der Waals surface area contributed by atoms with Crippen LogP contribution >= 0.6 is 0 Å². The number of rotatable bonds is 5. The van der Waals surface area contributed by atoms with Crippen LogP contribution in [0.25, 0.3) is 17.2 Å². The third kappa shape index (κ3) is 4.39. The molecule has 0 aliphatic heterocycles. The lowest BCUT2D eigenvalue weighted by Crippen LogP contribution is -2.24. The van der Waals surface area contributed by atoms with Crippen LogP contribution in [0.4, 0.5) is 4.39 Å². The quantitative estimate of drug-likeness (QED) is 0.705.